The number of carbonyl (C=O) groups excluding carboxylic acids is 1. The van der Waals surface area contributed by atoms with E-state index < -0.39 is 35.0 Å². The smallest absolute Gasteiger partial charge is 0.322 e. The quantitative estimate of drug-likeness (QED) is 0.694. The van der Waals surface area contributed by atoms with Gasteiger partial charge in [-0.2, -0.15) is 26.3 Å². The molecule has 2 aromatic carbocycles. The Kier molecular flexibility index (Phi) is 4.83. The van der Waals surface area contributed by atoms with Gasteiger partial charge in [-0.25, -0.2) is 0 Å². The van der Waals surface area contributed by atoms with Crippen molar-refractivity contribution >= 4 is 11.6 Å². The third-order valence-corrected chi connectivity index (χ3v) is 3.49. The molecule has 1 amide bonds. The van der Waals surface area contributed by atoms with Crippen LogP contribution < -0.4 is 5.32 Å². The number of benzene rings is 2. The molecule has 0 aromatic heterocycles. The molecule has 0 aliphatic carbocycles. The summed E-state index contributed by atoms with van der Waals surface area (Å²) in [5.41, 5.74) is -2.07. The van der Waals surface area contributed by atoms with Gasteiger partial charge in [0.25, 0.3) is 5.91 Å². The average molecular weight is 361 g/mol. The molecule has 134 valence electrons. The van der Waals surface area contributed by atoms with Crippen LogP contribution in [0.15, 0.2) is 36.4 Å². The van der Waals surface area contributed by atoms with Crippen molar-refractivity contribution in [2.45, 2.75) is 26.2 Å². The standard InChI is InChI=1S/C17H13F6NO/c1-9-3-4-10(2)14(5-9)24-15(25)11-6-12(16(18,19)20)8-13(7-11)17(21,22)23/h3-8H,1-2H3,(H,24,25). The number of nitrogens with one attached hydrogen (secondary N) is 1. The first kappa shape index (κ1) is 18.8. The largest absolute Gasteiger partial charge is 0.416 e. The van der Waals surface area contributed by atoms with Crippen LogP contribution in [0.4, 0.5) is 32.0 Å². The third-order valence-electron chi connectivity index (χ3n) is 3.49. The highest BCUT2D eigenvalue weighted by atomic mass is 19.4. The summed E-state index contributed by atoms with van der Waals surface area (Å²) in [6, 6.07) is 5.79. The van der Waals surface area contributed by atoms with Crippen LogP contribution in [-0.4, -0.2) is 5.91 Å². The molecular formula is C17H13F6NO. The van der Waals surface area contributed by atoms with E-state index in [1.54, 1.807) is 32.0 Å². The van der Waals surface area contributed by atoms with Crippen LogP contribution in [0, 0.1) is 13.8 Å². The highest BCUT2D eigenvalue weighted by molar-refractivity contribution is 6.05. The van der Waals surface area contributed by atoms with Crippen LogP contribution in [0.1, 0.15) is 32.6 Å². The van der Waals surface area contributed by atoms with Gasteiger partial charge in [-0.05, 0) is 49.2 Å². The van der Waals surface area contributed by atoms with Gasteiger partial charge in [-0.15, -0.1) is 0 Å². The van der Waals surface area contributed by atoms with Crippen LogP contribution in [0.25, 0.3) is 0 Å². The van der Waals surface area contributed by atoms with Gasteiger partial charge < -0.3 is 5.32 Å². The van der Waals surface area contributed by atoms with Gasteiger partial charge in [0.2, 0.25) is 0 Å². The van der Waals surface area contributed by atoms with Gasteiger partial charge in [-0.3, -0.25) is 4.79 Å². The second-order valence-electron chi connectivity index (χ2n) is 5.57. The van der Waals surface area contributed by atoms with Crippen LogP contribution in [0.2, 0.25) is 0 Å². The Hall–Kier alpha value is -2.51. The molecule has 2 nitrogen and oxygen atoms in total. The number of halogens is 6. The first-order valence-corrected chi connectivity index (χ1v) is 7.06. The van der Waals surface area contributed by atoms with Gasteiger partial charge in [0.05, 0.1) is 11.1 Å². The van der Waals surface area contributed by atoms with E-state index in [2.05, 4.69) is 5.32 Å². The summed E-state index contributed by atoms with van der Waals surface area (Å²) in [5, 5.41) is 2.35. The summed E-state index contributed by atoms with van der Waals surface area (Å²) in [6.07, 6.45) is -10.0. The van der Waals surface area contributed by atoms with Gasteiger partial charge in [0.15, 0.2) is 0 Å². The number of alkyl halides is 6. The second-order valence-corrected chi connectivity index (χ2v) is 5.57. The number of hydrogen-bond donors (Lipinski definition) is 1. The molecule has 25 heavy (non-hydrogen) atoms. The maximum Gasteiger partial charge on any atom is 0.416 e. The summed E-state index contributed by atoms with van der Waals surface area (Å²) in [4.78, 5) is 12.2. The Bertz CT molecular complexity index is 776. The van der Waals surface area contributed by atoms with Crippen LogP contribution in [-0.2, 0) is 12.4 Å². The summed E-state index contributed by atoms with van der Waals surface area (Å²) in [6.45, 7) is 3.39. The normalized spacial score (nSPS) is 12.2. The van der Waals surface area contributed by atoms with Gasteiger partial charge in [0.1, 0.15) is 0 Å². The van der Waals surface area contributed by atoms with E-state index in [1.165, 1.54) is 0 Å². The number of anilines is 1. The Balaban J connectivity index is 2.46. The van der Waals surface area contributed by atoms with E-state index >= 15 is 0 Å². The molecule has 0 aliphatic rings. The Morgan fingerprint density at radius 3 is 1.84 bits per heavy atom. The lowest BCUT2D eigenvalue weighted by atomic mass is 10.0. The summed E-state index contributed by atoms with van der Waals surface area (Å²) in [5.74, 6) is -1.05. The molecule has 0 unspecified atom stereocenters. The van der Waals surface area contributed by atoms with Gasteiger partial charge in [0, 0.05) is 11.3 Å². The van der Waals surface area contributed by atoms with Crippen molar-refractivity contribution in [3.05, 3.63) is 64.2 Å². The minimum absolute atomic E-state index is 0.0192. The van der Waals surface area contributed by atoms with E-state index in [0.29, 0.717) is 23.4 Å². The molecule has 0 heterocycles. The Labute approximate surface area is 139 Å². The molecule has 0 aliphatic heterocycles. The lowest BCUT2D eigenvalue weighted by molar-refractivity contribution is -0.143. The number of aryl methyl sites for hydroxylation is 2. The third kappa shape index (κ3) is 4.52. The first-order chi connectivity index (χ1) is 11.4. The van der Waals surface area contributed by atoms with Crippen LogP contribution in [0.3, 0.4) is 0 Å². The number of amides is 1. The zero-order valence-corrected chi connectivity index (χ0v) is 13.1. The summed E-state index contributed by atoms with van der Waals surface area (Å²) < 4.78 is 77.1. The number of hydrogen-bond acceptors (Lipinski definition) is 1. The topological polar surface area (TPSA) is 29.1 Å². The SMILES string of the molecule is Cc1ccc(C)c(NC(=O)c2cc(C(F)(F)F)cc(C(F)(F)F)c2)c1. The number of carbonyl (C=O) groups is 1. The average Bonchev–Trinajstić information content (AvgIpc) is 2.48. The predicted molar refractivity (Wildman–Crippen MR) is 80.3 cm³/mol. The molecule has 0 saturated carbocycles. The monoisotopic (exact) mass is 361 g/mol. The molecule has 0 saturated heterocycles. The molecule has 1 N–H and O–H groups in total. The lowest BCUT2D eigenvalue weighted by Gasteiger charge is -2.15. The maximum absolute atomic E-state index is 12.8. The Morgan fingerprint density at radius 1 is 0.840 bits per heavy atom. The molecule has 0 radical (unpaired) electrons. The highest BCUT2D eigenvalue weighted by Gasteiger charge is 2.37. The molecule has 8 heteroatoms. The van der Waals surface area contributed by atoms with Crippen molar-refractivity contribution in [2.75, 3.05) is 5.32 Å². The zero-order valence-electron chi connectivity index (χ0n) is 13.1. The molecule has 0 fully saturated rings. The Morgan fingerprint density at radius 2 is 1.36 bits per heavy atom. The first-order valence-electron chi connectivity index (χ1n) is 7.06. The molecule has 0 atom stereocenters. The van der Waals surface area contributed by atoms with E-state index in [1.807, 2.05) is 0 Å². The molecular weight excluding hydrogens is 348 g/mol. The van der Waals surface area contributed by atoms with E-state index in [0.717, 1.165) is 5.56 Å². The fourth-order valence-corrected chi connectivity index (χ4v) is 2.15. The van der Waals surface area contributed by atoms with Crippen molar-refractivity contribution in [2.24, 2.45) is 0 Å². The van der Waals surface area contributed by atoms with Crippen molar-refractivity contribution in [3.8, 4) is 0 Å². The highest BCUT2D eigenvalue weighted by Crippen LogP contribution is 2.36. The van der Waals surface area contributed by atoms with Gasteiger partial charge in [-0.1, -0.05) is 12.1 Å². The van der Waals surface area contributed by atoms with E-state index in [-0.39, 0.29) is 6.07 Å². The van der Waals surface area contributed by atoms with Crippen molar-refractivity contribution in [1.29, 1.82) is 0 Å². The summed E-state index contributed by atoms with van der Waals surface area (Å²) in [7, 11) is 0. The van der Waals surface area contributed by atoms with Crippen molar-refractivity contribution < 1.29 is 31.1 Å². The second kappa shape index (κ2) is 6.42. The number of rotatable bonds is 2. The molecule has 2 rings (SSSR count). The van der Waals surface area contributed by atoms with Gasteiger partial charge >= 0.3 is 12.4 Å². The molecule has 2 aromatic rings. The fraction of sp³-hybridized carbons (Fsp3) is 0.235. The van der Waals surface area contributed by atoms with Crippen molar-refractivity contribution in [3.63, 3.8) is 0 Å². The van der Waals surface area contributed by atoms with E-state index in [9.17, 15) is 31.1 Å². The lowest BCUT2D eigenvalue weighted by Crippen LogP contribution is -2.17. The maximum atomic E-state index is 12.8. The van der Waals surface area contributed by atoms with Crippen molar-refractivity contribution in [1.82, 2.24) is 0 Å². The van der Waals surface area contributed by atoms with Crippen LogP contribution in [0.5, 0.6) is 0 Å². The molecule has 0 spiro atoms. The summed E-state index contributed by atoms with van der Waals surface area (Å²) >= 11 is 0. The minimum atomic E-state index is -5.00. The minimum Gasteiger partial charge on any atom is -0.322 e. The predicted octanol–water partition coefficient (Wildman–Crippen LogP) is 5.59. The zero-order chi connectivity index (χ0) is 19.0. The molecule has 0 bridgehead atoms. The fourth-order valence-electron chi connectivity index (χ4n) is 2.15. The van der Waals surface area contributed by atoms with E-state index in [4.69, 9.17) is 0 Å². The van der Waals surface area contributed by atoms with Crippen LogP contribution >= 0.6 is 0 Å².